The van der Waals surface area contributed by atoms with E-state index in [-0.39, 0.29) is 19.4 Å². The molecule has 7 heteroatoms. The minimum atomic E-state index is -4.55. The molecule has 1 fully saturated rings. The third kappa shape index (κ3) is 3.16. The van der Waals surface area contributed by atoms with Gasteiger partial charge in [-0.2, -0.15) is 13.2 Å². The molecule has 1 saturated carbocycles. The zero-order valence-electron chi connectivity index (χ0n) is 10.9. The molecule has 3 nitrogen and oxygen atoms in total. The molecule has 1 aliphatic carbocycles. The van der Waals surface area contributed by atoms with E-state index in [1.54, 1.807) is 0 Å². The maximum absolute atomic E-state index is 13.6. The van der Waals surface area contributed by atoms with Gasteiger partial charge < -0.3 is 11.1 Å². The molecule has 0 radical (unpaired) electrons. The number of rotatable bonds is 2. The third-order valence-electron chi connectivity index (χ3n) is 3.19. The quantitative estimate of drug-likeness (QED) is 0.648. The summed E-state index contributed by atoms with van der Waals surface area (Å²) >= 11 is 0. The fraction of sp³-hybridized carbons (Fsp3) is 0.357. The van der Waals surface area contributed by atoms with Crippen molar-refractivity contribution < 1.29 is 22.4 Å². The molecular formula is C14H12F4N2O. The highest BCUT2D eigenvalue weighted by Crippen LogP contribution is 2.49. The number of halogens is 4. The summed E-state index contributed by atoms with van der Waals surface area (Å²) in [5.74, 6) is 3.11. The van der Waals surface area contributed by atoms with Gasteiger partial charge in [0.25, 0.3) is 5.91 Å². The number of alkyl halides is 3. The predicted octanol–water partition coefficient (Wildman–Crippen LogP) is 1.96. The highest BCUT2D eigenvalue weighted by molar-refractivity contribution is 5.95. The van der Waals surface area contributed by atoms with Crippen molar-refractivity contribution in [2.24, 2.45) is 5.73 Å². The van der Waals surface area contributed by atoms with Crippen LogP contribution in [0.5, 0.6) is 0 Å². The van der Waals surface area contributed by atoms with Gasteiger partial charge in [0.2, 0.25) is 0 Å². The Kier molecular flexibility index (Phi) is 3.92. The Morgan fingerprint density at radius 3 is 2.57 bits per heavy atom. The molecule has 1 aromatic rings. The summed E-state index contributed by atoms with van der Waals surface area (Å²) < 4.78 is 51.9. The fourth-order valence-corrected chi connectivity index (χ4v) is 1.82. The standard InChI is InChI=1S/C14H12F4N2O/c15-11-4-3-9(2-1-7-19)8-10(11)12(21)20-13(5-6-13)14(16,17)18/h3-4,8H,5-7,19H2,(H,20,21). The van der Waals surface area contributed by atoms with E-state index in [9.17, 15) is 22.4 Å². The van der Waals surface area contributed by atoms with Gasteiger partial charge in [0, 0.05) is 5.56 Å². The lowest BCUT2D eigenvalue weighted by atomic mass is 10.1. The van der Waals surface area contributed by atoms with E-state index in [0.29, 0.717) is 5.56 Å². The zero-order chi connectivity index (χ0) is 15.7. The molecule has 0 saturated heterocycles. The van der Waals surface area contributed by atoms with Crippen LogP contribution in [0.1, 0.15) is 28.8 Å². The fourth-order valence-electron chi connectivity index (χ4n) is 1.82. The van der Waals surface area contributed by atoms with Crippen molar-refractivity contribution in [1.29, 1.82) is 0 Å². The number of carbonyl (C=O) groups excluding carboxylic acids is 1. The Bertz CT molecular complexity index is 624. The summed E-state index contributed by atoms with van der Waals surface area (Å²) in [6.07, 6.45) is -4.94. The largest absolute Gasteiger partial charge is 0.411 e. The summed E-state index contributed by atoms with van der Waals surface area (Å²) in [5.41, 5.74) is 2.81. The predicted molar refractivity (Wildman–Crippen MR) is 67.8 cm³/mol. The Balaban J connectivity index is 2.23. The van der Waals surface area contributed by atoms with Crippen LogP contribution in [0.2, 0.25) is 0 Å². The van der Waals surface area contributed by atoms with Crippen molar-refractivity contribution >= 4 is 5.91 Å². The molecule has 0 atom stereocenters. The van der Waals surface area contributed by atoms with E-state index >= 15 is 0 Å². The average molecular weight is 300 g/mol. The first-order chi connectivity index (χ1) is 9.79. The molecule has 3 N–H and O–H groups in total. The molecule has 0 bridgehead atoms. The van der Waals surface area contributed by atoms with E-state index in [1.165, 1.54) is 6.07 Å². The van der Waals surface area contributed by atoms with Crippen molar-refractivity contribution in [2.75, 3.05) is 6.54 Å². The average Bonchev–Trinajstić information content (AvgIpc) is 3.18. The summed E-state index contributed by atoms with van der Waals surface area (Å²) in [6.45, 7) is 0.0795. The second-order valence-corrected chi connectivity index (χ2v) is 4.73. The number of hydrogen-bond acceptors (Lipinski definition) is 2. The van der Waals surface area contributed by atoms with E-state index in [0.717, 1.165) is 12.1 Å². The van der Waals surface area contributed by atoms with Crippen LogP contribution in [0.3, 0.4) is 0 Å². The molecule has 1 amide bonds. The van der Waals surface area contributed by atoms with Gasteiger partial charge in [0.1, 0.15) is 11.4 Å². The molecule has 0 spiro atoms. The third-order valence-corrected chi connectivity index (χ3v) is 3.19. The topological polar surface area (TPSA) is 55.1 Å². The molecular weight excluding hydrogens is 288 g/mol. The minimum Gasteiger partial charge on any atom is -0.338 e. The highest BCUT2D eigenvalue weighted by Gasteiger charge is 2.64. The molecule has 1 aliphatic rings. The molecule has 0 unspecified atom stereocenters. The molecule has 0 heterocycles. The first-order valence-electron chi connectivity index (χ1n) is 6.17. The van der Waals surface area contributed by atoms with Crippen LogP contribution in [-0.4, -0.2) is 24.2 Å². The van der Waals surface area contributed by atoms with Crippen LogP contribution in [0.25, 0.3) is 0 Å². The molecule has 2 rings (SSSR count). The maximum Gasteiger partial charge on any atom is 0.411 e. The van der Waals surface area contributed by atoms with E-state index < -0.39 is 29.0 Å². The summed E-state index contributed by atoms with van der Waals surface area (Å²) in [7, 11) is 0. The Labute approximate surface area is 118 Å². The lowest BCUT2D eigenvalue weighted by Gasteiger charge is -2.20. The lowest BCUT2D eigenvalue weighted by molar-refractivity contribution is -0.163. The number of hydrogen-bond donors (Lipinski definition) is 2. The number of amides is 1. The van der Waals surface area contributed by atoms with Crippen LogP contribution in [0, 0.1) is 17.7 Å². The summed E-state index contributed by atoms with van der Waals surface area (Å²) in [6, 6.07) is 3.42. The molecule has 21 heavy (non-hydrogen) atoms. The maximum atomic E-state index is 13.6. The molecule has 1 aromatic carbocycles. The number of carbonyl (C=O) groups is 1. The van der Waals surface area contributed by atoms with Crippen LogP contribution in [0.4, 0.5) is 17.6 Å². The normalized spacial score (nSPS) is 15.9. The van der Waals surface area contributed by atoms with Gasteiger partial charge >= 0.3 is 6.18 Å². The molecule has 0 aliphatic heterocycles. The number of nitrogens with two attached hydrogens (primary N) is 1. The van der Waals surface area contributed by atoms with Crippen molar-refractivity contribution in [3.63, 3.8) is 0 Å². The Morgan fingerprint density at radius 2 is 2.05 bits per heavy atom. The number of benzene rings is 1. The van der Waals surface area contributed by atoms with Gasteiger partial charge in [0.05, 0.1) is 12.1 Å². The Hall–Kier alpha value is -2.07. The van der Waals surface area contributed by atoms with Crippen LogP contribution in [0.15, 0.2) is 18.2 Å². The second-order valence-electron chi connectivity index (χ2n) is 4.73. The van der Waals surface area contributed by atoms with Crippen molar-refractivity contribution in [3.05, 3.63) is 35.1 Å². The van der Waals surface area contributed by atoms with Gasteiger partial charge in [0.15, 0.2) is 0 Å². The van der Waals surface area contributed by atoms with Crippen molar-refractivity contribution in [2.45, 2.75) is 24.6 Å². The smallest absolute Gasteiger partial charge is 0.338 e. The van der Waals surface area contributed by atoms with E-state index in [2.05, 4.69) is 11.8 Å². The summed E-state index contributed by atoms with van der Waals surface area (Å²) in [5, 5.41) is 1.87. The zero-order valence-corrected chi connectivity index (χ0v) is 10.9. The van der Waals surface area contributed by atoms with Crippen LogP contribution in [-0.2, 0) is 0 Å². The van der Waals surface area contributed by atoms with Crippen molar-refractivity contribution in [3.8, 4) is 11.8 Å². The molecule has 112 valence electrons. The molecule has 0 aromatic heterocycles. The van der Waals surface area contributed by atoms with Crippen LogP contribution < -0.4 is 11.1 Å². The van der Waals surface area contributed by atoms with E-state index in [1.807, 2.05) is 5.32 Å². The van der Waals surface area contributed by atoms with Gasteiger partial charge in [-0.1, -0.05) is 11.8 Å². The highest BCUT2D eigenvalue weighted by atomic mass is 19.4. The number of nitrogens with one attached hydrogen (secondary N) is 1. The summed E-state index contributed by atoms with van der Waals surface area (Å²) in [4.78, 5) is 11.9. The van der Waals surface area contributed by atoms with Crippen molar-refractivity contribution in [1.82, 2.24) is 5.32 Å². The second kappa shape index (κ2) is 5.37. The van der Waals surface area contributed by atoms with Gasteiger partial charge in [-0.3, -0.25) is 4.79 Å². The van der Waals surface area contributed by atoms with Gasteiger partial charge in [-0.05, 0) is 31.0 Å². The van der Waals surface area contributed by atoms with E-state index in [4.69, 9.17) is 5.73 Å². The first kappa shape index (κ1) is 15.3. The lowest BCUT2D eigenvalue weighted by Crippen LogP contribution is -2.48. The first-order valence-corrected chi connectivity index (χ1v) is 6.17. The minimum absolute atomic E-state index is 0.0795. The van der Waals surface area contributed by atoms with Gasteiger partial charge in [-0.15, -0.1) is 0 Å². The monoisotopic (exact) mass is 300 g/mol. The Morgan fingerprint density at radius 1 is 1.38 bits per heavy atom. The van der Waals surface area contributed by atoms with Crippen LogP contribution >= 0.6 is 0 Å². The SMILES string of the molecule is NCC#Cc1ccc(F)c(C(=O)NC2(C(F)(F)F)CC2)c1. The van der Waals surface area contributed by atoms with Gasteiger partial charge in [-0.25, -0.2) is 4.39 Å².